The van der Waals surface area contributed by atoms with Crippen molar-refractivity contribution in [2.24, 2.45) is 5.92 Å². The van der Waals surface area contributed by atoms with E-state index < -0.39 is 17.4 Å². The molecule has 134 valence electrons. The molecule has 2 aliphatic rings. The van der Waals surface area contributed by atoms with Crippen LogP contribution >= 0.6 is 0 Å². The van der Waals surface area contributed by atoms with Crippen LogP contribution in [0.15, 0.2) is 0 Å². The zero-order chi connectivity index (χ0) is 17.3. The number of piperazine rings is 1. The van der Waals surface area contributed by atoms with E-state index in [0.29, 0.717) is 6.42 Å². The van der Waals surface area contributed by atoms with E-state index in [1.54, 1.807) is 0 Å². The fraction of sp³-hybridized carbons (Fsp3) is 0.938. The van der Waals surface area contributed by atoms with Crippen molar-refractivity contribution in [2.75, 3.05) is 39.8 Å². The van der Waals surface area contributed by atoms with E-state index in [9.17, 15) is 18.7 Å². The van der Waals surface area contributed by atoms with Crippen molar-refractivity contribution < 1.29 is 18.7 Å². The minimum absolute atomic E-state index is 0.0144. The molecule has 0 unspecified atom stereocenters. The molecule has 0 aromatic heterocycles. The zero-order valence-electron chi connectivity index (χ0n) is 14.3. The van der Waals surface area contributed by atoms with Gasteiger partial charge in [0.15, 0.2) is 0 Å². The highest BCUT2D eigenvalue weighted by atomic mass is 19.3. The largest absolute Gasteiger partial charge is 0.383 e. The number of amides is 1. The number of aliphatic hydroxyl groups is 1. The van der Waals surface area contributed by atoms with Crippen LogP contribution in [0.4, 0.5) is 8.78 Å². The Labute approximate surface area is 137 Å². The summed E-state index contributed by atoms with van der Waals surface area (Å²) in [6, 6.07) is 0.0273. The maximum Gasteiger partial charge on any atom is 0.352 e. The van der Waals surface area contributed by atoms with E-state index in [1.807, 2.05) is 13.8 Å². The fourth-order valence-electron chi connectivity index (χ4n) is 3.29. The smallest absolute Gasteiger partial charge is 0.352 e. The van der Waals surface area contributed by atoms with Crippen LogP contribution in [0.3, 0.4) is 0 Å². The molecule has 2 N–H and O–H groups in total. The predicted octanol–water partition coefficient (Wildman–Crippen LogP) is 0.925. The summed E-state index contributed by atoms with van der Waals surface area (Å²) in [5.74, 6) is -4.81. The molecule has 1 saturated heterocycles. The van der Waals surface area contributed by atoms with E-state index in [4.69, 9.17) is 0 Å². The molecule has 1 heterocycles. The van der Waals surface area contributed by atoms with E-state index >= 15 is 0 Å². The first-order valence-corrected chi connectivity index (χ1v) is 8.48. The first-order valence-electron chi connectivity index (χ1n) is 8.48. The number of hydrogen-bond donors (Lipinski definition) is 2. The van der Waals surface area contributed by atoms with Crippen molar-refractivity contribution in [2.45, 2.75) is 50.7 Å². The van der Waals surface area contributed by atoms with Crippen molar-refractivity contribution in [3.05, 3.63) is 0 Å². The van der Waals surface area contributed by atoms with Gasteiger partial charge in [0, 0.05) is 38.8 Å². The maximum absolute atomic E-state index is 14.1. The lowest BCUT2D eigenvalue weighted by atomic mass is 9.75. The van der Waals surface area contributed by atoms with Gasteiger partial charge in [-0.25, -0.2) is 0 Å². The Bertz CT molecular complexity index is 420. The van der Waals surface area contributed by atoms with Crippen LogP contribution in [-0.4, -0.2) is 78.2 Å². The first-order chi connectivity index (χ1) is 10.7. The van der Waals surface area contributed by atoms with Crippen LogP contribution in [0.2, 0.25) is 0 Å². The minimum atomic E-state index is -3.71. The molecule has 0 spiro atoms. The van der Waals surface area contributed by atoms with Gasteiger partial charge in [0.25, 0.3) is 5.91 Å². The fourth-order valence-corrected chi connectivity index (χ4v) is 3.29. The van der Waals surface area contributed by atoms with Gasteiger partial charge in [0.1, 0.15) is 5.60 Å². The van der Waals surface area contributed by atoms with Gasteiger partial charge < -0.3 is 15.3 Å². The molecule has 1 aliphatic heterocycles. The van der Waals surface area contributed by atoms with Crippen molar-refractivity contribution in [1.29, 1.82) is 0 Å². The Morgan fingerprint density at radius 1 is 1.26 bits per heavy atom. The monoisotopic (exact) mass is 333 g/mol. The van der Waals surface area contributed by atoms with Gasteiger partial charge in [-0.2, -0.15) is 8.78 Å². The summed E-state index contributed by atoms with van der Waals surface area (Å²) in [6.07, 6.45) is 0.508. The molecule has 5 nitrogen and oxygen atoms in total. The number of rotatable bonds is 6. The van der Waals surface area contributed by atoms with E-state index in [1.165, 1.54) is 0 Å². The van der Waals surface area contributed by atoms with Crippen LogP contribution in [0.25, 0.3) is 0 Å². The lowest BCUT2D eigenvalue weighted by Crippen LogP contribution is -2.62. The first kappa shape index (κ1) is 18.5. The summed E-state index contributed by atoms with van der Waals surface area (Å²) < 4.78 is 28.2. The molecule has 2 fully saturated rings. The summed E-state index contributed by atoms with van der Waals surface area (Å²) >= 11 is 0. The molecule has 0 aromatic carbocycles. The third-order valence-corrected chi connectivity index (χ3v) is 5.30. The molecule has 1 atom stereocenters. The van der Waals surface area contributed by atoms with Crippen LogP contribution in [0, 0.1) is 5.92 Å². The molecule has 7 heteroatoms. The van der Waals surface area contributed by atoms with E-state index in [0.717, 1.165) is 26.2 Å². The Hall–Kier alpha value is -0.790. The molecule has 23 heavy (non-hydrogen) atoms. The highest BCUT2D eigenvalue weighted by Gasteiger charge is 2.61. The molecule has 0 radical (unpaired) electrons. The van der Waals surface area contributed by atoms with Crippen LogP contribution in [0.5, 0.6) is 0 Å². The number of hydrogen-bond acceptors (Lipinski definition) is 4. The Balaban J connectivity index is 1.92. The van der Waals surface area contributed by atoms with Gasteiger partial charge in [-0.05, 0) is 32.2 Å². The van der Waals surface area contributed by atoms with Crippen molar-refractivity contribution in [1.82, 2.24) is 15.1 Å². The van der Waals surface area contributed by atoms with Crippen LogP contribution < -0.4 is 5.32 Å². The topological polar surface area (TPSA) is 55.8 Å². The summed E-state index contributed by atoms with van der Waals surface area (Å²) in [4.78, 5) is 16.4. The van der Waals surface area contributed by atoms with Gasteiger partial charge in [-0.3, -0.25) is 9.69 Å². The maximum atomic E-state index is 14.1. The number of likely N-dealkylation sites (N-methyl/N-ethyl adjacent to an activating group) is 1. The van der Waals surface area contributed by atoms with E-state index in [2.05, 4.69) is 22.2 Å². The van der Waals surface area contributed by atoms with Crippen molar-refractivity contribution >= 4 is 5.91 Å². The van der Waals surface area contributed by atoms with E-state index in [-0.39, 0.29) is 31.3 Å². The number of alkyl halides is 2. The Kier molecular flexibility index (Phi) is 5.63. The second-order valence-electron chi connectivity index (χ2n) is 7.32. The SMILES string of the molecule is CC(C)[C@H](CNC(=O)C(F)(F)C1(O)CCC1)N1CCN(C)CC1. The normalized spacial score (nSPS) is 24.3. The molecule has 1 amide bonds. The lowest BCUT2D eigenvalue weighted by molar-refractivity contribution is -0.216. The Morgan fingerprint density at radius 3 is 2.26 bits per heavy atom. The van der Waals surface area contributed by atoms with Gasteiger partial charge in [-0.15, -0.1) is 0 Å². The molecule has 0 aromatic rings. The van der Waals surface area contributed by atoms with Crippen LogP contribution in [0.1, 0.15) is 33.1 Å². The average molecular weight is 333 g/mol. The summed E-state index contributed by atoms with van der Waals surface area (Å²) in [7, 11) is 2.06. The third kappa shape index (κ3) is 3.83. The molecule has 2 rings (SSSR count). The number of nitrogens with zero attached hydrogens (tertiary/aromatic N) is 2. The quantitative estimate of drug-likeness (QED) is 0.759. The van der Waals surface area contributed by atoms with Gasteiger partial charge in [0.05, 0.1) is 0 Å². The lowest BCUT2D eigenvalue weighted by Gasteiger charge is -2.42. The summed E-state index contributed by atoms with van der Waals surface area (Å²) in [5, 5.41) is 12.2. The number of nitrogens with one attached hydrogen (secondary N) is 1. The highest BCUT2D eigenvalue weighted by molar-refractivity contribution is 5.85. The third-order valence-electron chi connectivity index (χ3n) is 5.30. The second-order valence-corrected chi connectivity index (χ2v) is 7.32. The van der Waals surface area contributed by atoms with Crippen LogP contribution in [-0.2, 0) is 4.79 Å². The molecule has 1 saturated carbocycles. The van der Waals surface area contributed by atoms with Crippen molar-refractivity contribution in [3.63, 3.8) is 0 Å². The number of halogens is 2. The van der Waals surface area contributed by atoms with Gasteiger partial charge >= 0.3 is 5.92 Å². The predicted molar refractivity (Wildman–Crippen MR) is 84.5 cm³/mol. The van der Waals surface area contributed by atoms with Gasteiger partial charge in [0.2, 0.25) is 0 Å². The van der Waals surface area contributed by atoms with Gasteiger partial charge in [-0.1, -0.05) is 13.8 Å². The molecule has 1 aliphatic carbocycles. The second kappa shape index (κ2) is 6.99. The minimum Gasteiger partial charge on any atom is -0.383 e. The molecule has 0 bridgehead atoms. The number of carbonyl (C=O) groups is 1. The summed E-state index contributed by atoms with van der Waals surface area (Å²) in [5.41, 5.74) is -2.15. The highest BCUT2D eigenvalue weighted by Crippen LogP contribution is 2.44. The molecular formula is C16H29F2N3O2. The standard InChI is InChI=1S/C16H29F2N3O2/c1-12(2)13(21-9-7-20(3)8-10-21)11-19-14(22)16(17,18)15(23)5-4-6-15/h12-13,23H,4-11H2,1-3H3,(H,19,22)/t13-/m0/s1. The Morgan fingerprint density at radius 2 is 1.83 bits per heavy atom. The number of carbonyl (C=O) groups excluding carboxylic acids is 1. The molecular weight excluding hydrogens is 304 g/mol. The zero-order valence-corrected chi connectivity index (χ0v) is 14.3. The average Bonchev–Trinajstić information content (AvgIpc) is 2.46. The summed E-state index contributed by atoms with van der Waals surface area (Å²) in [6.45, 7) is 7.87. The van der Waals surface area contributed by atoms with Crippen molar-refractivity contribution in [3.8, 4) is 0 Å².